The molecule has 0 radical (unpaired) electrons. The van der Waals surface area contributed by atoms with Crippen molar-refractivity contribution in [2.24, 2.45) is 0 Å². The Morgan fingerprint density at radius 3 is 1.85 bits per heavy atom. The van der Waals surface area contributed by atoms with Gasteiger partial charge in [0, 0.05) is 0 Å². The first-order valence-corrected chi connectivity index (χ1v) is 4.62. The first-order valence-electron chi connectivity index (χ1n) is 4.62. The average molecular weight is 187 g/mol. The van der Waals surface area contributed by atoms with Gasteiger partial charge in [-0.05, 0) is 0 Å². The number of hydrogen-bond acceptors (Lipinski definition) is 0. The van der Waals surface area contributed by atoms with Crippen molar-refractivity contribution in [3.63, 3.8) is 0 Å². The minimum atomic E-state index is 0. The second-order valence-corrected chi connectivity index (χ2v) is 2.64. The summed E-state index contributed by atoms with van der Waals surface area (Å²) < 4.78 is 0. The monoisotopic (exact) mass is 186 g/mol. The maximum Gasteiger partial charge on any atom is 2.00 e. The van der Waals surface area contributed by atoms with Crippen molar-refractivity contribution in [2.75, 3.05) is 0 Å². The first kappa shape index (κ1) is 15.5. The van der Waals surface area contributed by atoms with Crippen LogP contribution in [-0.4, -0.2) is 23.1 Å². The molecule has 0 spiro atoms. The molecule has 1 rings (SSSR count). The van der Waals surface area contributed by atoms with Gasteiger partial charge >= 0.3 is 23.1 Å². The zero-order valence-electron chi connectivity index (χ0n) is 8.63. The van der Waals surface area contributed by atoms with Crippen LogP contribution in [0.1, 0.15) is 32.6 Å². The molecule has 13 heavy (non-hydrogen) atoms. The van der Waals surface area contributed by atoms with E-state index in [9.17, 15) is 0 Å². The van der Waals surface area contributed by atoms with E-state index in [4.69, 9.17) is 0 Å². The van der Waals surface area contributed by atoms with Gasteiger partial charge < -0.3 is 6.92 Å². The van der Waals surface area contributed by atoms with Gasteiger partial charge in [0.2, 0.25) is 0 Å². The fraction of sp³-hybridized carbons (Fsp3) is 0.417. The third-order valence-corrected chi connectivity index (χ3v) is 1.46. The van der Waals surface area contributed by atoms with Gasteiger partial charge in [-0.25, -0.2) is 0 Å². The minimum absolute atomic E-state index is 0. The molecule has 0 unspecified atom stereocenters. The molecule has 0 nitrogen and oxygen atoms in total. The van der Waals surface area contributed by atoms with Crippen LogP contribution in [0.2, 0.25) is 0 Å². The van der Waals surface area contributed by atoms with E-state index in [0.717, 1.165) is 6.42 Å². The van der Waals surface area contributed by atoms with Crippen LogP contribution in [-0.2, 0) is 0 Å². The third kappa shape index (κ3) is 14.8. The zero-order valence-corrected chi connectivity index (χ0v) is 10.0. The number of rotatable bonds is 3. The van der Waals surface area contributed by atoms with Crippen LogP contribution >= 0.6 is 0 Å². The Morgan fingerprint density at radius 1 is 1.08 bits per heavy atom. The molecule has 0 fully saturated rings. The minimum Gasteiger partial charge on any atom is -0.343 e. The van der Waals surface area contributed by atoms with Gasteiger partial charge in [0.25, 0.3) is 0 Å². The molecule has 0 saturated carbocycles. The molecule has 68 valence electrons. The Balaban J connectivity index is 0. The second-order valence-electron chi connectivity index (χ2n) is 2.64. The number of benzene rings is 1. The van der Waals surface area contributed by atoms with E-state index in [1.54, 1.807) is 0 Å². The van der Waals surface area contributed by atoms with Gasteiger partial charge in [-0.2, -0.15) is 42.8 Å². The smallest absolute Gasteiger partial charge is 0.343 e. The summed E-state index contributed by atoms with van der Waals surface area (Å²) >= 11 is 0. The summed E-state index contributed by atoms with van der Waals surface area (Å²) in [6, 6.07) is 12.5. The summed E-state index contributed by atoms with van der Waals surface area (Å²) in [6.45, 7) is 5.93. The van der Waals surface area contributed by atoms with E-state index in [-0.39, 0.29) is 23.1 Å². The molecule has 0 aliphatic carbocycles. The zero-order chi connectivity index (χ0) is 9.07. The van der Waals surface area contributed by atoms with E-state index < -0.39 is 0 Å². The average Bonchev–Trinajstić information content (AvgIpc) is 2.18. The maximum absolute atomic E-state index is 3.72. The number of hydrogen-bond donors (Lipinski definition) is 0. The normalized spacial score (nSPS) is 7.85. The Hall–Kier alpha value is -0.0138. The van der Waals surface area contributed by atoms with Gasteiger partial charge in [0.15, 0.2) is 0 Å². The Morgan fingerprint density at radius 2 is 1.69 bits per heavy atom. The predicted octanol–water partition coefficient (Wildman–Crippen LogP) is 3.51. The number of unbranched alkanes of at least 4 members (excludes halogenated alkanes) is 3. The van der Waals surface area contributed by atoms with Gasteiger partial charge in [-0.1, -0.05) is 26.2 Å². The van der Waals surface area contributed by atoms with Gasteiger partial charge in [-0.3, -0.25) is 0 Å². The molecule has 0 aromatic heterocycles. The summed E-state index contributed by atoms with van der Waals surface area (Å²) in [5, 5.41) is 0. The van der Waals surface area contributed by atoms with Crippen molar-refractivity contribution in [3.05, 3.63) is 43.3 Å². The van der Waals surface area contributed by atoms with E-state index in [0.29, 0.717) is 0 Å². The Bertz CT molecular complexity index is 118. The van der Waals surface area contributed by atoms with E-state index in [1.807, 2.05) is 30.3 Å². The van der Waals surface area contributed by atoms with Gasteiger partial charge in [0.1, 0.15) is 0 Å². The molecule has 0 amide bonds. The summed E-state index contributed by atoms with van der Waals surface area (Å²) in [5.41, 5.74) is 0. The van der Waals surface area contributed by atoms with Gasteiger partial charge in [0.05, 0.1) is 0 Å². The molecule has 1 heteroatoms. The standard InChI is InChI=1S/C6H5.C6H13.Mg/c1-2-4-6-5-3-1;1-3-5-6-4-2;/h1-5H;1,3-6H2,2H3;/q2*-1;+2. The van der Waals surface area contributed by atoms with Crippen molar-refractivity contribution >= 4 is 23.1 Å². The Kier molecular flexibility index (Phi) is 17.2. The molecule has 1 aromatic carbocycles. The Labute approximate surface area is 98.9 Å². The maximum atomic E-state index is 3.72. The topological polar surface area (TPSA) is 0 Å². The van der Waals surface area contributed by atoms with Crippen LogP contribution in [0.5, 0.6) is 0 Å². The van der Waals surface area contributed by atoms with Crippen LogP contribution in [0.15, 0.2) is 30.3 Å². The quantitative estimate of drug-likeness (QED) is 0.385. The molecule has 1 aromatic rings. The molecular weight excluding hydrogens is 168 g/mol. The van der Waals surface area contributed by atoms with Crippen LogP contribution in [0.25, 0.3) is 0 Å². The SMILES string of the molecule is [CH2-]CCCCC.[Mg+2].[c-]1ccccc1. The fourth-order valence-electron chi connectivity index (χ4n) is 0.769. The third-order valence-electron chi connectivity index (χ3n) is 1.46. The van der Waals surface area contributed by atoms with Crippen molar-refractivity contribution in [1.29, 1.82) is 0 Å². The molecule has 0 bridgehead atoms. The molecule has 0 N–H and O–H groups in total. The van der Waals surface area contributed by atoms with Crippen molar-refractivity contribution < 1.29 is 0 Å². The van der Waals surface area contributed by atoms with Crippen molar-refractivity contribution in [3.8, 4) is 0 Å². The van der Waals surface area contributed by atoms with E-state index in [1.165, 1.54) is 19.3 Å². The van der Waals surface area contributed by atoms with Crippen molar-refractivity contribution in [1.82, 2.24) is 0 Å². The largest absolute Gasteiger partial charge is 2.00 e. The molecule has 0 saturated heterocycles. The second kappa shape index (κ2) is 14.5. The van der Waals surface area contributed by atoms with Crippen LogP contribution < -0.4 is 0 Å². The van der Waals surface area contributed by atoms with Crippen LogP contribution in [0, 0.1) is 13.0 Å². The molecule has 0 aliphatic rings. The van der Waals surface area contributed by atoms with Crippen LogP contribution in [0.3, 0.4) is 0 Å². The summed E-state index contributed by atoms with van der Waals surface area (Å²) in [6.07, 6.45) is 5.07. The van der Waals surface area contributed by atoms with E-state index >= 15 is 0 Å². The molecular formula is C12H18Mg. The summed E-state index contributed by atoms with van der Waals surface area (Å²) in [4.78, 5) is 0. The van der Waals surface area contributed by atoms with E-state index in [2.05, 4.69) is 19.9 Å². The summed E-state index contributed by atoms with van der Waals surface area (Å²) in [7, 11) is 0. The fourth-order valence-corrected chi connectivity index (χ4v) is 0.769. The molecule has 0 heterocycles. The van der Waals surface area contributed by atoms with Crippen molar-refractivity contribution in [2.45, 2.75) is 32.6 Å². The van der Waals surface area contributed by atoms with Gasteiger partial charge in [-0.15, -0.1) is 0 Å². The first-order chi connectivity index (χ1) is 5.91. The van der Waals surface area contributed by atoms with Crippen LogP contribution in [0.4, 0.5) is 0 Å². The molecule has 0 atom stereocenters. The summed E-state index contributed by atoms with van der Waals surface area (Å²) in [5.74, 6) is 0. The molecule has 0 aliphatic heterocycles. The predicted molar refractivity (Wildman–Crippen MR) is 60.5 cm³/mol.